The van der Waals surface area contributed by atoms with E-state index in [0.717, 1.165) is 35.4 Å². The molecule has 1 saturated heterocycles. The molecule has 1 aromatic heterocycles. The molecule has 1 fully saturated rings. The molecule has 1 N–H and O–H groups in total. The van der Waals surface area contributed by atoms with Gasteiger partial charge in [0.1, 0.15) is 5.82 Å². The van der Waals surface area contributed by atoms with Gasteiger partial charge < -0.3 is 10.2 Å². The second-order valence-corrected chi connectivity index (χ2v) is 5.41. The van der Waals surface area contributed by atoms with E-state index in [0.29, 0.717) is 6.04 Å². The third kappa shape index (κ3) is 2.72. The lowest BCUT2D eigenvalue weighted by atomic mass is 10.1. The molecule has 17 heavy (non-hydrogen) atoms. The Kier molecular flexibility index (Phi) is 3.89. The predicted octanol–water partition coefficient (Wildman–Crippen LogP) is 2.69. The minimum Gasteiger partial charge on any atom is -0.354 e. The van der Waals surface area contributed by atoms with Crippen LogP contribution >= 0.6 is 11.6 Å². The fourth-order valence-corrected chi connectivity index (χ4v) is 2.74. The average molecular weight is 254 g/mol. The van der Waals surface area contributed by atoms with Crippen LogP contribution in [0.1, 0.15) is 25.8 Å². The van der Waals surface area contributed by atoms with Crippen molar-refractivity contribution in [3.05, 3.63) is 22.8 Å². The smallest absolute Gasteiger partial charge is 0.129 e. The van der Waals surface area contributed by atoms with E-state index in [1.54, 1.807) is 6.20 Å². The molecule has 0 amide bonds. The number of rotatable bonds is 3. The predicted molar refractivity (Wildman–Crippen MR) is 72.6 cm³/mol. The van der Waals surface area contributed by atoms with Gasteiger partial charge in [-0.25, -0.2) is 4.98 Å². The lowest BCUT2D eigenvalue weighted by molar-refractivity contribution is 0.625. The van der Waals surface area contributed by atoms with Crippen LogP contribution < -0.4 is 10.2 Å². The number of hydrogen-bond donors (Lipinski definition) is 1. The molecule has 2 heterocycles. The van der Waals surface area contributed by atoms with Crippen LogP contribution in [0, 0.1) is 5.92 Å². The summed E-state index contributed by atoms with van der Waals surface area (Å²) >= 11 is 6.13. The van der Waals surface area contributed by atoms with E-state index in [4.69, 9.17) is 11.6 Å². The highest BCUT2D eigenvalue weighted by Gasteiger charge is 2.27. The molecule has 1 aromatic rings. The lowest BCUT2D eigenvalue weighted by Gasteiger charge is -2.23. The van der Waals surface area contributed by atoms with E-state index in [2.05, 4.69) is 35.1 Å². The van der Waals surface area contributed by atoms with E-state index >= 15 is 0 Å². The number of pyridine rings is 1. The number of nitrogens with zero attached hydrogens (tertiary/aromatic N) is 2. The summed E-state index contributed by atoms with van der Waals surface area (Å²) < 4.78 is 0. The molecule has 94 valence electrons. The zero-order valence-electron chi connectivity index (χ0n) is 10.7. The molecule has 0 aliphatic carbocycles. The Bertz CT molecular complexity index is 394. The van der Waals surface area contributed by atoms with Crippen LogP contribution in [0.5, 0.6) is 0 Å². The maximum absolute atomic E-state index is 6.13. The number of hydrogen-bond acceptors (Lipinski definition) is 3. The third-order valence-corrected chi connectivity index (χ3v) is 3.71. The molecule has 2 atom stereocenters. The van der Waals surface area contributed by atoms with Crippen molar-refractivity contribution in [1.82, 2.24) is 10.3 Å². The Morgan fingerprint density at radius 3 is 2.88 bits per heavy atom. The van der Waals surface area contributed by atoms with Crippen molar-refractivity contribution in [1.29, 1.82) is 0 Å². The monoisotopic (exact) mass is 253 g/mol. The molecular weight excluding hydrogens is 234 g/mol. The van der Waals surface area contributed by atoms with Gasteiger partial charge in [-0.1, -0.05) is 18.5 Å². The van der Waals surface area contributed by atoms with E-state index < -0.39 is 0 Å². The SMILES string of the molecule is CNCc1cc(N2CC(C)CC2C)ncc1Cl. The maximum Gasteiger partial charge on any atom is 0.129 e. The van der Waals surface area contributed by atoms with Gasteiger partial charge in [0.05, 0.1) is 5.02 Å². The maximum atomic E-state index is 6.13. The number of anilines is 1. The second-order valence-electron chi connectivity index (χ2n) is 5.01. The van der Waals surface area contributed by atoms with Crippen molar-refractivity contribution in [2.24, 2.45) is 5.92 Å². The molecule has 1 aliphatic heterocycles. The van der Waals surface area contributed by atoms with Crippen molar-refractivity contribution in [3.8, 4) is 0 Å². The second kappa shape index (κ2) is 5.23. The van der Waals surface area contributed by atoms with Gasteiger partial charge in [-0.3, -0.25) is 0 Å². The summed E-state index contributed by atoms with van der Waals surface area (Å²) in [7, 11) is 1.93. The van der Waals surface area contributed by atoms with E-state index in [1.807, 2.05) is 7.05 Å². The van der Waals surface area contributed by atoms with E-state index in [1.165, 1.54) is 6.42 Å². The lowest BCUT2D eigenvalue weighted by Crippen LogP contribution is -2.27. The Morgan fingerprint density at radius 1 is 1.53 bits per heavy atom. The summed E-state index contributed by atoms with van der Waals surface area (Å²) in [6.07, 6.45) is 3.00. The van der Waals surface area contributed by atoms with Gasteiger partial charge in [0.15, 0.2) is 0 Å². The highest BCUT2D eigenvalue weighted by Crippen LogP contribution is 2.29. The van der Waals surface area contributed by atoms with Gasteiger partial charge in [-0.2, -0.15) is 0 Å². The molecule has 2 unspecified atom stereocenters. The first kappa shape index (κ1) is 12.7. The van der Waals surface area contributed by atoms with Crippen LogP contribution in [-0.4, -0.2) is 24.6 Å². The largest absolute Gasteiger partial charge is 0.354 e. The van der Waals surface area contributed by atoms with Crippen LogP contribution in [0.15, 0.2) is 12.3 Å². The first-order valence-electron chi connectivity index (χ1n) is 6.17. The highest BCUT2D eigenvalue weighted by molar-refractivity contribution is 6.31. The molecule has 3 nitrogen and oxygen atoms in total. The van der Waals surface area contributed by atoms with Crippen LogP contribution in [-0.2, 0) is 6.54 Å². The van der Waals surface area contributed by atoms with Crippen LogP contribution in [0.4, 0.5) is 5.82 Å². The van der Waals surface area contributed by atoms with Gasteiger partial charge >= 0.3 is 0 Å². The molecule has 2 rings (SSSR count). The first-order chi connectivity index (χ1) is 8.11. The number of aromatic nitrogens is 1. The van der Waals surface area contributed by atoms with Crippen molar-refractivity contribution in [2.45, 2.75) is 32.9 Å². The Morgan fingerprint density at radius 2 is 2.29 bits per heavy atom. The zero-order chi connectivity index (χ0) is 12.4. The molecule has 0 bridgehead atoms. The van der Waals surface area contributed by atoms with Gasteiger partial charge in [0.25, 0.3) is 0 Å². The van der Waals surface area contributed by atoms with E-state index in [-0.39, 0.29) is 0 Å². The summed E-state index contributed by atoms with van der Waals surface area (Å²) in [6, 6.07) is 2.68. The molecule has 0 spiro atoms. The minimum atomic E-state index is 0.570. The van der Waals surface area contributed by atoms with Crippen molar-refractivity contribution >= 4 is 17.4 Å². The molecule has 0 radical (unpaired) electrons. The topological polar surface area (TPSA) is 28.2 Å². The summed E-state index contributed by atoms with van der Waals surface area (Å²) in [5.74, 6) is 1.80. The third-order valence-electron chi connectivity index (χ3n) is 3.37. The molecule has 0 saturated carbocycles. The Balaban J connectivity index is 2.24. The zero-order valence-corrected chi connectivity index (χ0v) is 11.5. The first-order valence-corrected chi connectivity index (χ1v) is 6.55. The standard InChI is InChI=1S/C13H20ClN3/c1-9-4-10(2)17(8-9)13-5-11(6-15-3)12(14)7-16-13/h5,7,9-10,15H,4,6,8H2,1-3H3. The van der Waals surface area contributed by atoms with Crippen LogP contribution in [0.2, 0.25) is 5.02 Å². The Hall–Kier alpha value is -0.800. The summed E-state index contributed by atoms with van der Waals surface area (Å²) in [4.78, 5) is 6.83. The Labute approximate surface area is 108 Å². The fraction of sp³-hybridized carbons (Fsp3) is 0.615. The summed E-state index contributed by atoms with van der Waals surface area (Å²) in [6.45, 7) is 6.43. The minimum absolute atomic E-state index is 0.570. The molecule has 0 aromatic carbocycles. The highest BCUT2D eigenvalue weighted by atomic mass is 35.5. The van der Waals surface area contributed by atoms with Crippen molar-refractivity contribution in [2.75, 3.05) is 18.5 Å². The average Bonchev–Trinajstić information content (AvgIpc) is 2.61. The van der Waals surface area contributed by atoms with Crippen LogP contribution in [0.25, 0.3) is 0 Å². The summed E-state index contributed by atoms with van der Waals surface area (Å²) in [5.41, 5.74) is 1.12. The quantitative estimate of drug-likeness (QED) is 0.898. The van der Waals surface area contributed by atoms with Gasteiger partial charge in [0, 0.05) is 25.3 Å². The van der Waals surface area contributed by atoms with Crippen molar-refractivity contribution < 1.29 is 0 Å². The molecular formula is C13H20ClN3. The van der Waals surface area contributed by atoms with Gasteiger partial charge in [-0.05, 0) is 37.9 Å². The van der Waals surface area contributed by atoms with Crippen LogP contribution in [0.3, 0.4) is 0 Å². The van der Waals surface area contributed by atoms with Gasteiger partial charge in [-0.15, -0.1) is 0 Å². The van der Waals surface area contributed by atoms with Crippen molar-refractivity contribution in [3.63, 3.8) is 0 Å². The van der Waals surface area contributed by atoms with E-state index in [9.17, 15) is 0 Å². The number of halogens is 1. The molecule has 4 heteroatoms. The normalized spacial score (nSPS) is 24.4. The van der Waals surface area contributed by atoms with Gasteiger partial charge in [0.2, 0.25) is 0 Å². The fourth-order valence-electron chi connectivity index (χ4n) is 2.57. The number of nitrogens with one attached hydrogen (secondary N) is 1. The summed E-state index contributed by atoms with van der Waals surface area (Å²) in [5, 5.41) is 3.87. The molecule has 1 aliphatic rings.